The minimum absolute atomic E-state index is 0.0393. The van der Waals surface area contributed by atoms with E-state index in [0.717, 1.165) is 23.8 Å². The first-order chi connectivity index (χ1) is 15.0. The van der Waals surface area contributed by atoms with E-state index in [1.807, 2.05) is 30.3 Å². The molecular formula is C24H17ClF2N2O2. The van der Waals surface area contributed by atoms with Gasteiger partial charge in [0.15, 0.2) is 5.76 Å². The number of hydrogen-bond acceptors (Lipinski definition) is 3. The molecule has 31 heavy (non-hydrogen) atoms. The van der Waals surface area contributed by atoms with Gasteiger partial charge in [0, 0.05) is 17.0 Å². The lowest BCUT2D eigenvalue weighted by Gasteiger charge is -2.21. The summed E-state index contributed by atoms with van der Waals surface area (Å²) < 4.78 is 33.8. The number of carbonyl (C=O) groups excluding carboxylic acids is 1. The second-order valence-corrected chi connectivity index (χ2v) is 7.33. The minimum atomic E-state index is -1.02. The second-order valence-electron chi connectivity index (χ2n) is 6.92. The normalized spacial score (nSPS) is 11.8. The van der Waals surface area contributed by atoms with Crippen molar-refractivity contribution in [3.63, 3.8) is 0 Å². The van der Waals surface area contributed by atoms with Crippen LogP contribution in [0.3, 0.4) is 0 Å². The molecule has 4 aromatic rings. The zero-order chi connectivity index (χ0) is 21.8. The van der Waals surface area contributed by atoms with Crippen LogP contribution in [0.2, 0.25) is 5.02 Å². The SMILES string of the molecule is O=C(NC(c1cc(F)ccc1F)c1ccccc1Cl)c1cnoc1Cc1ccccc1. The van der Waals surface area contributed by atoms with Crippen LogP contribution in [-0.4, -0.2) is 11.1 Å². The molecule has 1 unspecified atom stereocenters. The molecule has 0 aliphatic heterocycles. The van der Waals surface area contributed by atoms with E-state index in [2.05, 4.69) is 10.5 Å². The van der Waals surface area contributed by atoms with Gasteiger partial charge in [0.25, 0.3) is 5.91 Å². The summed E-state index contributed by atoms with van der Waals surface area (Å²) in [5.41, 5.74) is 1.54. The molecule has 4 nitrogen and oxygen atoms in total. The Morgan fingerprint density at radius 1 is 1.00 bits per heavy atom. The number of aromatic nitrogens is 1. The first-order valence-corrected chi connectivity index (χ1v) is 9.88. The topological polar surface area (TPSA) is 55.1 Å². The van der Waals surface area contributed by atoms with E-state index in [-0.39, 0.29) is 11.1 Å². The third kappa shape index (κ3) is 4.64. The van der Waals surface area contributed by atoms with Crippen LogP contribution in [0.1, 0.15) is 38.9 Å². The van der Waals surface area contributed by atoms with Crippen LogP contribution in [0.15, 0.2) is 83.5 Å². The number of nitrogens with one attached hydrogen (secondary N) is 1. The van der Waals surface area contributed by atoms with Crippen LogP contribution in [0.4, 0.5) is 8.78 Å². The van der Waals surface area contributed by atoms with Crippen molar-refractivity contribution in [2.24, 2.45) is 0 Å². The van der Waals surface area contributed by atoms with Gasteiger partial charge < -0.3 is 9.84 Å². The lowest BCUT2D eigenvalue weighted by atomic mass is 9.97. The Balaban J connectivity index is 1.69. The molecule has 1 aromatic heterocycles. The van der Waals surface area contributed by atoms with Gasteiger partial charge in [-0.3, -0.25) is 4.79 Å². The fraction of sp³-hybridized carbons (Fsp3) is 0.0833. The number of benzene rings is 3. The van der Waals surface area contributed by atoms with E-state index in [1.165, 1.54) is 6.20 Å². The number of hydrogen-bond donors (Lipinski definition) is 1. The van der Waals surface area contributed by atoms with E-state index < -0.39 is 23.6 Å². The van der Waals surface area contributed by atoms with Crippen molar-refractivity contribution < 1.29 is 18.1 Å². The summed E-state index contributed by atoms with van der Waals surface area (Å²) >= 11 is 6.31. The van der Waals surface area contributed by atoms with E-state index in [9.17, 15) is 13.6 Å². The average Bonchev–Trinajstić information content (AvgIpc) is 3.23. The zero-order valence-corrected chi connectivity index (χ0v) is 16.9. The van der Waals surface area contributed by atoms with Crippen molar-refractivity contribution in [3.05, 3.63) is 124 Å². The smallest absolute Gasteiger partial charge is 0.257 e. The molecular weight excluding hydrogens is 422 g/mol. The van der Waals surface area contributed by atoms with Gasteiger partial charge in [-0.1, -0.05) is 65.3 Å². The summed E-state index contributed by atoms with van der Waals surface area (Å²) in [5.74, 6) is -1.47. The largest absolute Gasteiger partial charge is 0.360 e. The Kier molecular flexibility index (Phi) is 6.09. The maximum Gasteiger partial charge on any atom is 0.257 e. The molecule has 0 aliphatic rings. The maximum atomic E-state index is 14.6. The van der Waals surface area contributed by atoms with Crippen molar-refractivity contribution in [2.45, 2.75) is 12.5 Å². The molecule has 1 N–H and O–H groups in total. The highest BCUT2D eigenvalue weighted by Gasteiger charge is 2.26. The minimum Gasteiger partial charge on any atom is -0.360 e. The zero-order valence-electron chi connectivity index (χ0n) is 16.2. The summed E-state index contributed by atoms with van der Waals surface area (Å²) in [6.07, 6.45) is 1.66. The summed E-state index contributed by atoms with van der Waals surface area (Å²) in [6, 6.07) is 18.2. The standard InChI is InChI=1S/C24H17ClF2N2O2/c25-20-9-5-4-8-17(20)23(18-13-16(26)10-11-21(18)27)29-24(30)19-14-28-31-22(19)12-15-6-2-1-3-7-15/h1-11,13-14,23H,12H2,(H,29,30). The van der Waals surface area contributed by atoms with Gasteiger partial charge in [-0.05, 0) is 35.4 Å². The van der Waals surface area contributed by atoms with E-state index in [4.69, 9.17) is 16.1 Å². The lowest BCUT2D eigenvalue weighted by molar-refractivity contribution is 0.0940. The number of carbonyl (C=O) groups is 1. The molecule has 156 valence electrons. The van der Waals surface area contributed by atoms with Crippen LogP contribution < -0.4 is 5.32 Å². The Morgan fingerprint density at radius 2 is 1.74 bits per heavy atom. The molecule has 1 atom stereocenters. The third-order valence-corrected chi connectivity index (χ3v) is 5.20. The van der Waals surface area contributed by atoms with E-state index >= 15 is 0 Å². The molecule has 4 rings (SSSR count). The molecule has 0 aliphatic carbocycles. The fourth-order valence-electron chi connectivity index (χ4n) is 3.33. The van der Waals surface area contributed by atoms with E-state index in [0.29, 0.717) is 22.8 Å². The molecule has 0 saturated heterocycles. The van der Waals surface area contributed by atoms with Gasteiger partial charge in [0.1, 0.15) is 17.2 Å². The van der Waals surface area contributed by atoms with Crippen molar-refractivity contribution in [1.82, 2.24) is 10.5 Å². The Labute approximate surface area is 182 Å². The third-order valence-electron chi connectivity index (χ3n) is 4.86. The quantitative estimate of drug-likeness (QED) is 0.419. The molecule has 0 bridgehead atoms. The van der Waals surface area contributed by atoms with Gasteiger partial charge in [-0.2, -0.15) is 0 Å². The summed E-state index contributed by atoms with van der Waals surface area (Å²) in [5, 5.41) is 6.81. The highest BCUT2D eigenvalue weighted by molar-refractivity contribution is 6.31. The Morgan fingerprint density at radius 3 is 2.52 bits per heavy atom. The predicted octanol–water partition coefficient (Wildman–Crippen LogP) is 5.72. The van der Waals surface area contributed by atoms with Crippen molar-refractivity contribution in [3.8, 4) is 0 Å². The number of rotatable bonds is 6. The fourth-order valence-corrected chi connectivity index (χ4v) is 3.58. The van der Waals surface area contributed by atoms with Crippen LogP contribution in [0.5, 0.6) is 0 Å². The molecule has 0 fully saturated rings. The molecule has 0 spiro atoms. The first kappa shape index (κ1) is 20.8. The molecule has 1 amide bonds. The Hall–Kier alpha value is -3.51. The summed E-state index contributed by atoms with van der Waals surface area (Å²) in [7, 11) is 0. The van der Waals surface area contributed by atoms with Gasteiger partial charge in [0.2, 0.25) is 0 Å². The number of amides is 1. The van der Waals surface area contributed by atoms with Crippen LogP contribution >= 0.6 is 11.6 Å². The number of nitrogens with zero attached hydrogens (tertiary/aromatic N) is 1. The molecule has 1 heterocycles. The van der Waals surface area contributed by atoms with Gasteiger partial charge in [0.05, 0.1) is 12.2 Å². The molecule has 0 saturated carbocycles. The Bertz CT molecular complexity index is 1210. The van der Waals surface area contributed by atoms with Crippen molar-refractivity contribution in [2.75, 3.05) is 0 Å². The average molecular weight is 439 g/mol. The summed E-state index contributed by atoms with van der Waals surface area (Å²) in [6.45, 7) is 0. The van der Waals surface area contributed by atoms with Gasteiger partial charge >= 0.3 is 0 Å². The highest BCUT2D eigenvalue weighted by atomic mass is 35.5. The van der Waals surface area contributed by atoms with Gasteiger partial charge in [-0.25, -0.2) is 8.78 Å². The maximum absolute atomic E-state index is 14.6. The van der Waals surface area contributed by atoms with Crippen LogP contribution in [0, 0.1) is 11.6 Å². The predicted molar refractivity (Wildman–Crippen MR) is 113 cm³/mol. The van der Waals surface area contributed by atoms with Crippen LogP contribution in [0.25, 0.3) is 0 Å². The molecule has 0 radical (unpaired) electrons. The first-order valence-electron chi connectivity index (χ1n) is 9.50. The summed E-state index contributed by atoms with van der Waals surface area (Å²) in [4.78, 5) is 13.1. The van der Waals surface area contributed by atoms with Crippen molar-refractivity contribution >= 4 is 17.5 Å². The van der Waals surface area contributed by atoms with Crippen molar-refractivity contribution in [1.29, 1.82) is 0 Å². The molecule has 7 heteroatoms. The van der Waals surface area contributed by atoms with Gasteiger partial charge in [-0.15, -0.1) is 0 Å². The number of halogens is 3. The van der Waals surface area contributed by atoms with E-state index in [1.54, 1.807) is 24.3 Å². The molecule has 3 aromatic carbocycles. The monoisotopic (exact) mass is 438 g/mol. The second kappa shape index (κ2) is 9.10. The highest BCUT2D eigenvalue weighted by Crippen LogP contribution is 2.31. The lowest BCUT2D eigenvalue weighted by Crippen LogP contribution is -2.30. The van der Waals surface area contributed by atoms with Crippen LogP contribution in [-0.2, 0) is 6.42 Å².